The predicted octanol–water partition coefficient (Wildman–Crippen LogP) is 1.76. The topological polar surface area (TPSA) is 57.4 Å². The second kappa shape index (κ2) is 4.56. The van der Waals surface area contributed by atoms with E-state index < -0.39 is 12.2 Å². The van der Waals surface area contributed by atoms with Gasteiger partial charge in [0.15, 0.2) is 0 Å². The molecule has 0 amide bonds. The van der Waals surface area contributed by atoms with Gasteiger partial charge in [-0.05, 0) is 13.0 Å². The van der Waals surface area contributed by atoms with Crippen molar-refractivity contribution in [3.8, 4) is 11.6 Å². The number of methoxy groups -OCH3 is 1. The molecule has 0 aliphatic rings. The SMILES string of the molecule is COc1cc(C)c(OC(F)(F)F)nc1CN. The number of nitrogens with two attached hydrogens (primary N) is 1. The first-order valence-corrected chi connectivity index (χ1v) is 4.37. The van der Waals surface area contributed by atoms with Gasteiger partial charge in [-0.2, -0.15) is 0 Å². The maximum absolute atomic E-state index is 12.0. The van der Waals surface area contributed by atoms with Gasteiger partial charge in [-0.15, -0.1) is 13.2 Å². The standard InChI is InChI=1S/C9H11F3N2O2/c1-5-3-7(15-2)6(4-13)14-8(5)16-9(10,11)12/h3H,4,13H2,1-2H3. The van der Waals surface area contributed by atoms with Gasteiger partial charge in [0.25, 0.3) is 0 Å². The molecule has 0 aliphatic carbocycles. The number of aromatic nitrogens is 1. The van der Waals surface area contributed by atoms with Crippen LogP contribution in [0.1, 0.15) is 11.3 Å². The van der Waals surface area contributed by atoms with Crippen LogP contribution in [0, 0.1) is 6.92 Å². The molecule has 0 atom stereocenters. The molecule has 0 saturated heterocycles. The van der Waals surface area contributed by atoms with E-state index in [1.165, 1.54) is 20.1 Å². The van der Waals surface area contributed by atoms with E-state index in [9.17, 15) is 13.2 Å². The zero-order chi connectivity index (χ0) is 12.3. The highest BCUT2D eigenvalue weighted by Crippen LogP contribution is 2.28. The maximum Gasteiger partial charge on any atom is 0.574 e. The van der Waals surface area contributed by atoms with Gasteiger partial charge < -0.3 is 15.2 Å². The third kappa shape index (κ3) is 2.99. The second-order valence-electron chi connectivity index (χ2n) is 3.01. The quantitative estimate of drug-likeness (QED) is 0.868. The van der Waals surface area contributed by atoms with E-state index in [-0.39, 0.29) is 17.8 Å². The first-order valence-electron chi connectivity index (χ1n) is 4.37. The fraction of sp³-hybridized carbons (Fsp3) is 0.444. The third-order valence-electron chi connectivity index (χ3n) is 1.83. The summed E-state index contributed by atoms with van der Waals surface area (Å²) in [5.74, 6) is -0.164. The van der Waals surface area contributed by atoms with Crippen molar-refractivity contribution in [3.63, 3.8) is 0 Å². The number of hydrogen-bond donors (Lipinski definition) is 1. The Hall–Kier alpha value is -1.50. The Morgan fingerprint density at radius 1 is 1.44 bits per heavy atom. The maximum atomic E-state index is 12.0. The molecular formula is C9H11F3N2O2. The minimum atomic E-state index is -4.77. The summed E-state index contributed by atoms with van der Waals surface area (Å²) in [7, 11) is 1.39. The summed E-state index contributed by atoms with van der Waals surface area (Å²) in [6.45, 7) is 1.41. The van der Waals surface area contributed by atoms with Gasteiger partial charge in [0.2, 0.25) is 5.88 Å². The molecule has 0 aliphatic heterocycles. The molecule has 0 saturated carbocycles. The zero-order valence-electron chi connectivity index (χ0n) is 8.76. The molecule has 1 aromatic heterocycles. The normalized spacial score (nSPS) is 11.4. The molecule has 1 heterocycles. The van der Waals surface area contributed by atoms with Crippen molar-refractivity contribution in [3.05, 3.63) is 17.3 Å². The second-order valence-corrected chi connectivity index (χ2v) is 3.01. The number of nitrogens with zero attached hydrogens (tertiary/aromatic N) is 1. The van der Waals surface area contributed by atoms with E-state index in [1.807, 2.05) is 0 Å². The summed E-state index contributed by atoms with van der Waals surface area (Å²) < 4.78 is 44.7. The van der Waals surface area contributed by atoms with Crippen molar-refractivity contribution >= 4 is 0 Å². The van der Waals surface area contributed by atoms with Crippen LogP contribution in [0.3, 0.4) is 0 Å². The molecular weight excluding hydrogens is 225 g/mol. The molecule has 0 aromatic carbocycles. The van der Waals surface area contributed by atoms with Crippen molar-refractivity contribution in [2.24, 2.45) is 5.73 Å². The first-order chi connectivity index (χ1) is 7.37. The van der Waals surface area contributed by atoms with E-state index in [4.69, 9.17) is 10.5 Å². The van der Waals surface area contributed by atoms with Crippen molar-refractivity contribution in [1.29, 1.82) is 0 Å². The minimum absolute atomic E-state index is 0.0301. The van der Waals surface area contributed by atoms with Gasteiger partial charge in [0, 0.05) is 12.1 Å². The molecule has 16 heavy (non-hydrogen) atoms. The van der Waals surface area contributed by atoms with Crippen LogP contribution in [0.5, 0.6) is 11.6 Å². The Labute approximate surface area is 90.2 Å². The van der Waals surface area contributed by atoms with Crippen LogP contribution >= 0.6 is 0 Å². The Bertz CT molecular complexity index is 380. The van der Waals surface area contributed by atoms with Gasteiger partial charge in [-0.3, -0.25) is 0 Å². The van der Waals surface area contributed by atoms with Gasteiger partial charge in [-0.25, -0.2) is 4.98 Å². The summed E-state index contributed by atoms with van der Waals surface area (Å²) in [6, 6.07) is 1.40. The highest BCUT2D eigenvalue weighted by atomic mass is 19.4. The molecule has 1 aromatic rings. The van der Waals surface area contributed by atoms with Gasteiger partial charge in [0.1, 0.15) is 5.75 Å². The molecule has 0 radical (unpaired) electrons. The first kappa shape index (κ1) is 12.6. The van der Waals surface area contributed by atoms with Crippen LogP contribution < -0.4 is 15.2 Å². The van der Waals surface area contributed by atoms with E-state index in [0.29, 0.717) is 5.75 Å². The fourth-order valence-electron chi connectivity index (χ4n) is 1.14. The smallest absolute Gasteiger partial charge is 0.495 e. The highest BCUT2D eigenvalue weighted by Gasteiger charge is 2.32. The summed E-state index contributed by atoms with van der Waals surface area (Å²) in [6.07, 6.45) is -4.77. The Kier molecular flexibility index (Phi) is 3.58. The monoisotopic (exact) mass is 236 g/mol. The van der Waals surface area contributed by atoms with E-state index >= 15 is 0 Å². The molecule has 7 heteroatoms. The lowest BCUT2D eigenvalue weighted by atomic mass is 10.2. The minimum Gasteiger partial charge on any atom is -0.495 e. The zero-order valence-corrected chi connectivity index (χ0v) is 8.76. The summed E-state index contributed by atoms with van der Waals surface area (Å²) in [4.78, 5) is 3.65. The molecule has 0 spiro atoms. The Balaban J connectivity index is 3.11. The lowest BCUT2D eigenvalue weighted by molar-refractivity contribution is -0.276. The third-order valence-corrected chi connectivity index (χ3v) is 1.83. The van der Waals surface area contributed by atoms with Crippen molar-refractivity contribution in [2.75, 3.05) is 7.11 Å². The molecule has 0 unspecified atom stereocenters. The number of alkyl halides is 3. The largest absolute Gasteiger partial charge is 0.574 e. The van der Waals surface area contributed by atoms with E-state index in [0.717, 1.165) is 0 Å². The summed E-state index contributed by atoms with van der Waals surface area (Å²) >= 11 is 0. The van der Waals surface area contributed by atoms with Crippen molar-refractivity contribution in [1.82, 2.24) is 4.98 Å². The highest BCUT2D eigenvalue weighted by molar-refractivity contribution is 5.38. The van der Waals surface area contributed by atoms with Crippen molar-refractivity contribution < 1.29 is 22.6 Å². The lowest BCUT2D eigenvalue weighted by Crippen LogP contribution is -2.19. The van der Waals surface area contributed by atoms with Crippen LogP contribution in [0.15, 0.2) is 6.07 Å². The summed E-state index contributed by atoms with van der Waals surface area (Å²) in [5.41, 5.74) is 5.77. The molecule has 4 nitrogen and oxygen atoms in total. The number of hydrogen-bond acceptors (Lipinski definition) is 4. The number of rotatable bonds is 3. The van der Waals surface area contributed by atoms with Gasteiger partial charge >= 0.3 is 6.36 Å². The van der Waals surface area contributed by atoms with Gasteiger partial charge in [0.05, 0.1) is 12.8 Å². The molecule has 1 rings (SSSR count). The molecule has 0 bridgehead atoms. The van der Waals surface area contributed by atoms with Crippen molar-refractivity contribution in [2.45, 2.75) is 19.8 Å². The molecule has 90 valence electrons. The number of aryl methyl sites for hydroxylation is 1. The van der Waals surface area contributed by atoms with E-state index in [2.05, 4.69) is 9.72 Å². The predicted molar refractivity (Wildman–Crippen MR) is 50.1 cm³/mol. The van der Waals surface area contributed by atoms with Gasteiger partial charge in [-0.1, -0.05) is 0 Å². The molecule has 0 fully saturated rings. The van der Waals surface area contributed by atoms with Crippen LogP contribution in [0.25, 0.3) is 0 Å². The number of halogens is 3. The van der Waals surface area contributed by atoms with Crippen LogP contribution in [-0.2, 0) is 6.54 Å². The number of ether oxygens (including phenoxy) is 2. The number of pyridine rings is 1. The average Bonchev–Trinajstić information content (AvgIpc) is 2.18. The summed E-state index contributed by atoms with van der Waals surface area (Å²) in [5, 5.41) is 0. The van der Waals surface area contributed by atoms with Crippen LogP contribution in [0.2, 0.25) is 0 Å². The van der Waals surface area contributed by atoms with E-state index in [1.54, 1.807) is 0 Å². The van der Waals surface area contributed by atoms with Crippen LogP contribution in [0.4, 0.5) is 13.2 Å². The Morgan fingerprint density at radius 3 is 2.50 bits per heavy atom. The molecule has 2 N–H and O–H groups in total. The van der Waals surface area contributed by atoms with Crippen LogP contribution in [-0.4, -0.2) is 18.5 Å². The lowest BCUT2D eigenvalue weighted by Gasteiger charge is -2.13. The Morgan fingerprint density at radius 2 is 2.06 bits per heavy atom. The fourth-order valence-corrected chi connectivity index (χ4v) is 1.14. The average molecular weight is 236 g/mol.